The van der Waals surface area contributed by atoms with Crippen LogP contribution in [0.5, 0.6) is 5.75 Å². The second-order valence-electron chi connectivity index (χ2n) is 7.16. The molecule has 0 aliphatic heterocycles. The Kier molecular flexibility index (Phi) is 6.49. The first-order valence-electron chi connectivity index (χ1n) is 9.58. The summed E-state index contributed by atoms with van der Waals surface area (Å²) >= 11 is 0. The Bertz CT molecular complexity index is 977. The molecule has 148 valence electrons. The van der Waals surface area contributed by atoms with E-state index >= 15 is 0 Å². The Balaban J connectivity index is 1.76. The lowest BCUT2D eigenvalue weighted by Gasteiger charge is -2.25. The highest BCUT2D eigenvalue weighted by molar-refractivity contribution is 5.80. The van der Waals surface area contributed by atoms with Crippen molar-refractivity contribution in [2.24, 2.45) is 0 Å². The maximum atomic E-state index is 12.0. The lowest BCUT2D eigenvalue weighted by Crippen LogP contribution is -2.31. The monoisotopic (exact) mass is 380 g/mol. The summed E-state index contributed by atoms with van der Waals surface area (Å²) < 4.78 is 10.6. The van der Waals surface area contributed by atoms with E-state index < -0.39 is 0 Å². The van der Waals surface area contributed by atoms with Gasteiger partial charge in [-0.1, -0.05) is 31.2 Å². The van der Waals surface area contributed by atoms with Crippen LogP contribution in [0, 0.1) is 0 Å². The Morgan fingerprint density at radius 1 is 1.11 bits per heavy atom. The topological polar surface area (TPSA) is 54.7 Å². The first-order valence-corrected chi connectivity index (χ1v) is 9.58. The molecule has 3 rings (SSSR count). The van der Waals surface area contributed by atoms with Gasteiger partial charge in [0.05, 0.1) is 7.11 Å². The molecule has 1 atom stereocenters. The molecular formula is C23H28N2O3. The summed E-state index contributed by atoms with van der Waals surface area (Å²) in [4.78, 5) is 14.2. The van der Waals surface area contributed by atoms with Crippen molar-refractivity contribution in [3.63, 3.8) is 0 Å². The van der Waals surface area contributed by atoms with Gasteiger partial charge in [0.15, 0.2) is 0 Å². The van der Waals surface area contributed by atoms with Crippen LogP contribution in [0.1, 0.15) is 29.7 Å². The van der Waals surface area contributed by atoms with Crippen molar-refractivity contribution in [3.05, 3.63) is 75.6 Å². The molecule has 0 radical (unpaired) electrons. The van der Waals surface area contributed by atoms with Gasteiger partial charge in [-0.05, 0) is 55.4 Å². The van der Waals surface area contributed by atoms with Gasteiger partial charge < -0.3 is 19.4 Å². The Hall–Kier alpha value is -2.63. The van der Waals surface area contributed by atoms with Crippen molar-refractivity contribution >= 4 is 11.0 Å². The van der Waals surface area contributed by atoms with Crippen LogP contribution >= 0.6 is 0 Å². The fourth-order valence-corrected chi connectivity index (χ4v) is 3.41. The minimum absolute atomic E-state index is 0.212. The molecule has 2 aromatic carbocycles. The van der Waals surface area contributed by atoms with Crippen LogP contribution < -0.4 is 15.7 Å². The van der Waals surface area contributed by atoms with Gasteiger partial charge in [-0.25, -0.2) is 4.79 Å². The number of nitrogens with one attached hydrogen (secondary N) is 1. The summed E-state index contributed by atoms with van der Waals surface area (Å²) in [7, 11) is 5.80. The predicted octanol–water partition coefficient (Wildman–Crippen LogP) is 3.76. The fourth-order valence-electron chi connectivity index (χ4n) is 3.41. The summed E-state index contributed by atoms with van der Waals surface area (Å²) in [5.41, 5.74) is 3.68. The van der Waals surface area contributed by atoms with Crippen molar-refractivity contribution in [1.82, 2.24) is 10.2 Å². The van der Waals surface area contributed by atoms with E-state index in [9.17, 15) is 4.79 Å². The number of hydrogen-bond acceptors (Lipinski definition) is 5. The maximum absolute atomic E-state index is 12.0. The van der Waals surface area contributed by atoms with Crippen LogP contribution in [-0.4, -0.2) is 32.6 Å². The molecule has 0 saturated carbocycles. The lowest BCUT2D eigenvalue weighted by molar-refractivity contribution is 0.288. The molecule has 0 saturated heterocycles. The van der Waals surface area contributed by atoms with Gasteiger partial charge in [-0.3, -0.25) is 0 Å². The zero-order valence-corrected chi connectivity index (χ0v) is 17.0. The molecule has 1 aromatic heterocycles. The number of aryl methyl sites for hydroxylation is 1. The van der Waals surface area contributed by atoms with Gasteiger partial charge in [0.25, 0.3) is 0 Å². The third-order valence-electron chi connectivity index (χ3n) is 5.08. The van der Waals surface area contributed by atoms with E-state index in [2.05, 4.69) is 49.4 Å². The molecule has 1 heterocycles. The molecular weight excluding hydrogens is 352 g/mol. The first-order chi connectivity index (χ1) is 13.5. The smallest absolute Gasteiger partial charge is 0.336 e. The Morgan fingerprint density at radius 2 is 1.86 bits per heavy atom. The third-order valence-corrected chi connectivity index (χ3v) is 5.08. The molecule has 0 aliphatic rings. The van der Waals surface area contributed by atoms with E-state index in [1.54, 1.807) is 13.2 Å². The van der Waals surface area contributed by atoms with Gasteiger partial charge in [0.1, 0.15) is 11.3 Å². The molecule has 3 aromatic rings. The van der Waals surface area contributed by atoms with Crippen LogP contribution in [0.4, 0.5) is 0 Å². The van der Waals surface area contributed by atoms with Gasteiger partial charge >= 0.3 is 5.63 Å². The molecule has 0 aliphatic carbocycles. The van der Waals surface area contributed by atoms with Gasteiger partial charge in [-0.2, -0.15) is 0 Å². The Morgan fingerprint density at radius 3 is 2.50 bits per heavy atom. The minimum atomic E-state index is -0.308. The summed E-state index contributed by atoms with van der Waals surface area (Å²) in [6.07, 6.45) is 0.911. The second kappa shape index (κ2) is 9.04. The SMILES string of the molecule is CCc1ccc2c(CNC[C@H](c3ccc(OC)cc3)N(C)C)cc(=O)oc2c1. The molecule has 5 heteroatoms. The van der Waals surface area contributed by atoms with Crippen molar-refractivity contribution < 1.29 is 9.15 Å². The van der Waals surface area contributed by atoms with E-state index in [0.29, 0.717) is 12.1 Å². The average Bonchev–Trinajstić information content (AvgIpc) is 2.70. The van der Waals surface area contributed by atoms with Crippen molar-refractivity contribution in [2.45, 2.75) is 25.9 Å². The number of fused-ring (bicyclic) bond motifs is 1. The van der Waals surface area contributed by atoms with Crippen molar-refractivity contribution in [2.75, 3.05) is 27.7 Å². The fraction of sp³-hybridized carbons (Fsp3) is 0.348. The predicted molar refractivity (Wildman–Crippen MR) is 113 cm³/mol. The van der Waals surface area contributed by atoms with E-state index in [1.807, 2.05) is 24.3 Å². The van der Waals surface area contributed by atoms with Crippen LogP contribution in [0.25, 0.3) is 11.0 Å². The summed E-state index contributed by atoms with van der Waals surface area (Å²) in [5, 5.41) is 4.49. The number of likely N-dealkylation sites (N-methyl/N-ethyl adjacent to an activating group) is 1. The molecule has 0 bridgehead atoms. The largest absolute Gasteiger partial charge is 0.497 e. The molecule has 1 N–H and O–H groups in total. The van der Waals surface area contributed by atoms with Crippen LogP contribution in [0.15, 0.2) is 57.7 Å². The van der Waals surface area contributed by atoms with Gasteiger partial charge in [0, 0.05) is 30.6 Å². The molecule has 0 fully saturated rings. The van der Waals surface area contributed by atoms with Crippen LogP contribution in [-0.2, 0) is 13.0 Å². The minimum Gasteiger partial charge on any atom is -0.497 e. The summed E-state index contributed by atoms with van der Waals surface area (Å²) in [6, 6.07) is 16.0. The zero-order valence-electron chi connectivity index (χ0n) is 17.0. The van der Waals surface area contributed by atoms with Crippen LogP contribution in [0.2, 0.25) is 0 Å². The number of nitrogens with zero attached hydrogens (tertiary/aromatic N) is 1. The Labute approximate surface area is 165 Å². The standard InChI is InChI=1S/C23H28N2O3/c1-5-16-6-11-20-18(13-23(26)28-22(20)12-16)14-24-15-21(25(2)3)17-7-9-19(27-4)10-8-17/h6-13,21,24H,5,14-15H2,1-4H3/t21-/m1/s1. The average molecular weight is 380 g/mol. The second-order valence-corrected chi connectivity index (χ2v) is 7.16. The first kappa shape index (κ1) is 20.1. The van der Waals surface area contributed by atoms with Gasteiger partial charge in [-0.15, -0.1) is 0 Å². The van der Waals surface area contributed by atoms with E-state index in [0.717, 1.165) is 35.2 Å². The summed E-state index contributed by atoms with van der Waals surface area (Å²) in [5.74, 6) is 0.850. The number of methoxy groups -OCH3 is 1. The highest BCUT2D eigenvalue weighted by Gasteiger charge is 2.14. The number of benzene rings is 2. The number of hydrogen-bond donors (Lipinski definition) is 1. The highest BCUT2D eigenvalue weighted by Crippen LogP contribution is 2.22. The molecule has 28 heavy (non-hydrogen) atoms. The van der Waals surface area contributed by atoms with Crippen molar-refractivity contribution in [1.29, 1.82) is 0 Å². The molecule has 5 nitrogen and oxygen atoms in total. The van der Waals surface area contributed by atoms with E-state index in [1.165, 1.54) is 5.56 Å². The van der Waals surface area contributed by atoms with Crippen molar-refractivity contribution in [3.8, 4) is 5.75 Å². The molecule has 0 amide bonds. The molecule has 0 spiro atoms. The summed E-state index contributed by atoms with van der Waals surface area (Å²) in [6.45, 7) is 3.45. The third kappa shape index (κ3) is 4.61. The lowest BCUT2D eigenvalue weighted by atomic mass is 10.0. The van der Waals surface area contributed by atoms with Gasteiger partial charge in [0.2, 0.25) is 0 Å². The highest BCUT2D eigenvalue weighted by atomic mass is 16.5. The van der Waals surface area contributed by atoms with E-state index in [4.69, 9.17) is 9.15 Å². The number of rotatable bonds is 8. The molecule has 0 unspecified atom stereocenters. The quantitative estimate of drug-likeness (QED) is 0.603. The normalized spacial score (nSPS) is 12.5. The van der Waals surface area contributed by atoms with Crippen LogP contribution in [0.3, 0.4) is 0 Å². The zero-order chi connectivity index (χ0) is 20.1. The van der Waals surface area contributed by atoms with E-state index in [-0.39, 0.29) is 11.7 Å². The maximum Gasteiger partial charge on any atom is 0.336 e. The number of ether oxygens (including phenoxy) is 1.